The molecular weight excluding hydrogens is 372 g/mol. The SMILES string of the molecule is CCN(CC)S(=O)(=O)c1ccc(NC(=O)Cc2ccc3ccccc3c2)cc1. The van der Waals surface area contributed by atoms with E-state index in [9.17, 15) is 13.2 Å². The maximum Gasteiger partial charge on any atom is 0.243 e. The summed E-state index contributed by atoms with van der Waals surface area (Å²) in [5, 5.41) is 5.06. The highest BCUT2D eigenvalue weighted by molar-refractivity contribution is 7.89. The summed E-state index contributed by atoms with van der Waals surface area (Å²) in [5.74, 6) is -0.144. The van der Waals surface area contributed by atoms with Crippen molar-refractivity contribution in [3.05, 3.63) is 72.3 Å². The first-order valence-electron chi connectivity index (χ1n) is 9.31. The third kappa shape index (κ3) is 4.40. The zero-order chi connectivity index (χ0) is 20.1. The predicted molar refractivity (Wildman–Crippen MR) is 113 cm³/mol. The fourth-order valence-corrected chi connectivity index (χ4v) is 4.62. The molecule has 0 spiro atoms. The minimum absolute atomic E-state index is 0.144. The highest BCUT2D eigenvalue weighted by Gasteiger charge is 2.21. The van der Waals surface area contributed by atoms with E-state index >= 15 is 0 Å². The molecule has 0 unspecified atom stereocenters. The number of nitrogens with one attached hydrogen (secondary N) is 1. The van der Waals surface area contributed by atoms with Crippen molar-refractivity contribution in [2.75, 3.05) is 18.4 Å². The lowest BCUT2D eigenvalue weighted by atomic mass is 10.0. The number of hydrogen-bond acceptors (Lipinski definition) is 3. The van der Waals surface area contributed by atoms with Crippen molar-refractivity contribution in [2.24, 2.45) is 0 Å². The Labute approximate surface area is 166 Å². The molecule has 3 aromatic rings. The maximum absolute atomic E-state index is 12.5. The number of anilines is 1. The third-order valence-electron chi connectivity index (χ3n) is 4.66. The first-order valence-corrected chi connectivity index (χ1v) is 10.8. The zero-order valence-electron chi connectivity index (χ0n) is 16.1. The molecule has 28 heavy (non-hydrogen) atoms. The summed E-state index contributed by atoms with van der Waals surface area (Å²) in [4.78, 5) is 12.6. The van der Waals surface area contributed by atoms with Crippen LogP contribution in [0.3, 0.4) is 0 Å². The molecule has 3 aromatic carbocycles. The van der Waals surface area contributed by atoms with Gasteiger partial charge < -0.3 is 5.32 Å². The van der Waals surface area contributed by atoms with Crippen LogP contribution in [0.5, 0.6) is 0 Å². The molecule has 0 aliphatic carbocycles. The van der Waals surface area contributed by atoms with E-state index < -0.39 is 10.0 Å². The van der Waals surface area contributed by atoms with Gasteiger partial charge in [-0.15, -0.1) is 0 Å². The molecule has 0 atom stereocenters. The van der Waals surface area contributed by atoms with Gasteiger partial charge in [0.15, 0.2) is 0 Å². The average molecular weight is 397 g/mol. The van der Waals surface area contributed by atoms with E-state index in [0.29, 0.717) is 18.8 Å². The molecule has 0 heterocycles. The van der Waals surface area contributed by atoms with Crippen LogP contribution in [0.1, 0.15) is 19.4 Å². The molecule has 0 aromatic heterocycles. The number of benzene rings is 3. The Morgan fingerprint density at radius 2 is 1.54 bits per heavy atom. The van der Waals surface area contributed by atoms with Gasteiger partial charge in [-0.25, -0.2) is 8.42 Å². The molecule has 146 valence electrons. The molecule has 0 fully saturated rings. The van der Waals surface area contributed by atoms with Gasteiger partial charge in [-0.2, -0.15) is 4.31 Å². The van der Waals surface area contributed by atoms with Crippen molar-refractivity contribution in [3.8, 4) is 0 Å². The van der Waals surface area contributed by atoms with Gasteiger partial charge in [0.2, 0.25) is 15.9 Å². The van der Waals surface area contributed by atoms with E-state index in [4.69, 9.17) is 0 Å². The van der Waals surface area contributed by atoms with Crippen molar-refractivity contribution in [3.63, 3.8) is 0 Å². The van der Waals surface area contributed by atoms with Gasteiger partial charge >= 0.3 is 0 Å². The third-order valence-corrected chi connectivity index (χ3v) is 6.72. The van der Waals surface area contributed by atoms with Gasteiger partial charge in [-0.1, -0.05) is 56.3 Å². The highest BCUT2D eigenvalue weighted by Crippen LogP contribution is 2.19. The molecule has 0 aliphatic rings. The summed E-state index contributed by atoms with van der Waals surface area (Å²) in [5.41, 5.74) is 1.50. The number of amides is 1. The van der Waals surface area contributed by atoms with Gasteiger partial charge in [0, 0.05) is 18.8 Å². The molecule has 1 N–H and O–H groups in total. The number of sulfonamides is 1. The minimum Gasteiger partial charge on any atom is -0.326 e. The zero-order valence-corrected chi connectivity index (χ0v) is 16.9. The number of carbonyl (C=O) groups is 1. The molecular formula is C22H24N2O3S. The summed E-state index contributed by atoms with van der Waals surface area (Å²) in [6, 6.07) is 20.3. The second kappa shape index (κ2) is 8.54. The monoisotopic (exact) mass is 396 g/mol. The van der Waals surface area contributed by atoms with Crippen LogP contribution in [0.25, 0.3) is 10.8 Å². The standard InChI is InChI=1S/C22H24N2O3S/c1-3-24(4-2)28(26,27)21-13-11-20(12-14-21)23-22(25)16-17-9-10-18-7-5-6-8-19(18)15-17/h5-15H,3-4,16H2,1-2H3,(H,23,25). The largest absolute Gasteiger partial charge is 0.326 e. The fraction of sp³-hybridized carbons (Fsp3) is 0.227. The van der Waals surface area contributed by atoms with Crippen LogP contribution in [-0.2, 0) is 21.2 Å². The molecule has 1 amide bonds. The van der Waals surface area contributed by atoms with Crippen LogP contribution in [0.4, 0.5) is 5.69 Å². The molecule has 0 radical (unpaired) electrons. The lowest BCUT2D eigenvalue weighted by Crippen LogP contribution is -2.30. The Balaban J connectivity index is 1.68. The van der Waals surface area contributed by atoms with Gasteiger partial charge in [0.05, 0.1) is 11.3 Å². The molecule has 0 aliphatic heterocycles. The quantitative estimate of drug-likeness (QED) is 0.655. The van der Waals surface area contributed by atoms with Crippen LogP contribution < -0.4 is 5.32 Å². The first-order chi connectivity index (χ1) is 13.4. The second-order valence-electron chi connectivity index (χ2n) is 6.52. The summed E-state index contributed by atoms with van der Waals surface area (Å²) < 4.78 is 26.4. The molecule has 0 saturated heterocycles. The maximum atomic E-state index is 12.5. The topological polar surface area (TPSA) is 66.5 Å². The van der Waals surface area contributed by atoms with Crippen molar-refractivity contribution >= 4 is 32.4 Å². The lowest BCUT2D eigenvalue weighted by molar-refractivity contribution is -0.115. The van der Waals surface area contributed by atoms with Crippen LogP contribution in [0.15, 0.2) is 71.6 Å². The van der Waals surface area contributed by atoms with Gasteiger partial charge in [0.25, 0.3) is 0 Å². The highest BCUT2D eigenvalue weighted by atomic mass is 32.2. The van der Waals surface area contributed by atoms with E-state index in [1.54, 1.807) is 12.1 Å². The number of carbonyl (C=O) groups excluding carboxylic acids is 1. The summed E-state index contributed by atoms with van der Waals surface area (Å²) in [6.07, 6.45) is 0.254. The van der Waals surface area contributed by atoms with Gasteiger partial charge in [0.1, 0.15) is 0 Å². The average Bonchev–Trinajstić information content (AvgIpc) is 2.69. The summed E-state index contributed by atoms with van der Waals surface area (Å²) in [6.45, 7) is 4.46. The smallest absolute Gasteiger partial charge is 0.243 e. The Hall–Kier alpha value is -2.70. The summed E-state index contributed by atoms with van der Waals surface area (Å²) in [7, 11) is -3.50. The summed E-state index contributed by atoms with van der Waals surface area (Å²) >= 11 is 0. The molecule has 6 heteroatoms. The fourth-order valence-electron chi connectivity index (χ4n) is 3.16. The Kier molecular flexibility index (Phi) is 6.11. The Morgan fingerprint density at radius 3 is 2.18 bits per heavy atom. The van der Waals surface area contributed by atoms with E-state index in [2.05, 4.69) is 5.32 Å². The van der Waals surface area contributed by atoms with Crippen LogP contribution in [0.2, 0.25) is 0 Å². The number of rotatable bonds is 7. The number of hydrogen-bond donors (Lipinski definition) is 1. The van der Waals surface area contributed by atoms with E-state index in [-0.39, 0.29) is 17.2 Å². The van der Waals surface area contributed by atoms with Gasteiger partial charge in [-0.05, 0) is 40.6 Å². The van der Waals surface area contributed by atoms with Crippen molar-refractivity contribution in [1.82, 2.24) is 4.31 Å². The Morgan fingerprint density at radius 1 is 0.893 bits per heavy atom. The molecule has 0 bridgehead atoms. The van der Waals surface area contributed by atoms with Gasteiger partial charge in [-0.3, -0.25) is 4.79 Å². The Bertz CT molecular complexity index is 1070. The molecule has 0 saturated carbocycles. The second-order valence-corrected chi connectivity index (χ2v) is 8.46. The van der Waals surface area contributed by atoms with Crippen LogP contribution >= 0.6 is 0 Å². The number of fused-ring (bicyclic) bond motifs is 1. The molecule has 5 nitrogen and oxygen atoms in total. The normalized spacial score (nSPS) is 11.7. The van der Waals surface area contributed by atoms with E-state index in [1.807, 2.05) is 56.3 Å². The van der Waals surface area contributed by atoms with Crippen molar-refractivity contribution in [1.29, 1.82) is 0 Å². The number of nitrogens with zero attached hydrogens (tertiary/aromatic N) is 1. The van der Waals surface area contributed by atoms with Crippen LogP contribution in [0, 0.1) is 0 Å². The van der Waals surface area contributed by atoms with Crippen molar-refractivity contribution < 1.29 is 13.2 Å². The minimum atomic E-state index is -3.50. The lowest BCUT2D eigenvalue weighted by Gasteiger charge is -2.18. The molecule has 3 rings (SSSR count). The van der Waals surface area contributed by atoms with E-state index in [1.165, 1.54) is 16.4 Å². The first kappa shape index (κ1) is 20.0. The predicted octanol–water partition coefficient (Wildman–Crippen LogP) is 4.05. The van der Waals surface area contributed by atoms with Crippen LogP contribution in [-0.4, -0.2) is 31.7 Å². The van der Waals surface area contributed by atoms with E-state index in [0.717, 1.165) is 16.3 Å². The van der Waals surface area contributed by atoms with Crippen molar-refractivity contribution in [2.45, 2.75) is 25.2 Å².